The van der Waals surface area contributed by atoms with E-state index in [0.717, 1.165) is 42.6 Å². The van der Waals surface area contributed by atoms with E-state index in [1.807, 2.05) is 6.07 Å². The van der Waals surface area contributed by atoms with E-state index in [1.54, 1.807) is 7.11 Å². The molecule has 4 heteroatoms. The highest BCUT2D eigenvalue weighted by Crippen LogP contribution is 2.30. The Morgan fingerprint density at radius 3 is 2.95 bits per heavy atom. The van der Waals surface area contributed by atoms with Crippen molar-refractivity contribution in [2.45, 2.75) is 51.2 Å². The van der Waals surface area contributed by atoms with Crippen LogP contribution in [0.1, 0.15) is 50.6 Å². The highest BCUT2D eigenvalue weighted by atomic mass is 79.9. The van der Waals surface area contributed by atoms with Crippen LogP contribution in [0.5, 0.6) is 5.75 Å². The minimum absolute atomic E-state index is 0.386. The van der Waals surface area contributed by atoms with Crippen LogP contribution in [0.2, 0.25) is 0 Å². The van der Waals surface area contributed by atoms with E-state index in [-0.39, 0.29) is 0 Å². The van der Waals surface area contributed by atoms with Crippen LogP contribution in [0, 0.1) is 0 Å². The van der Waals surface area contributed by atoms with Crippen LogP contribution in [0.4, 0.5) is 0 Å². The highest BCUT2D eigenvalue weighted by Gasteiger charge is 2.19. The lowest BCUT2D eigenvalue weighted by atomic mass is 9.99. The van der Waals surface area contributed by atoms with Gasteiger partial charge in [-0.25, -0.2) is 0 Å². The molecule has 1 aliphatic heterocycles. The van der Waals surface area contributed by atoms with Crippen LogP contribution in [0.3, 0.4) is 0 Å². The van der Waals surface area contributed by atoms with Gasteiger partial charge < -0.3 is 14.8 Å². The third-order valence-electron chi connectivity index (χ3n) is 4.02. The monoisotopic (exact) mass is 355 g/mol. The number of nitrogens with one attached hydrogen (secondary N) is 1. The van der Waals surface area contributed by atoms with Gasteiger partial charge in [0.25, 0.3) is 0 Å². The van der Waals surface area contributed by atoms with E-state index in [0.29, 0.717) is 12.1 Å². The van der Waals surface area contributed by atoms with E-state index in [4.69, 9.17) is 9.47 Å². The Morgan fingerprint density at radius 1 is 1.48 bits per heavy atom. The molecular formula is C17H26BrNO2. The van der Waals surface area contributed by atoms with E-state index in [2.05, 4.69) is 40.3 Å². The summed E-state index contributed by atoms with van der Waals surface area (Å²) >= 11 is 3.58. The van der Waals surface area contributed by atoms with E-state index < -0.39 is 0 Å². The van der Waals surface area contributed by atoms with Crippen molar-refractivity contribution < 1.29 is 9.47 Å². The summed E-state index contributed by atoms with van der Waals surface area (Å²) in [5.41, 5.74) is 1.31. The summed E-state index contributed by atoms with van der Waals surface area (Å²) in [4.78, 5) is 0. The average Bonchev–Trinajstić information content (AvgIpc) is 3.00. The fourth-order valence-corrected chi connectivity index (χ4v) is 3.39. The van der Waals surface area contributed by atoms with Gasteiger partial charge in [0.15, 0.2) is 0 Å². The van der Waals surface area contributed by atoms with Crippen molar-refractivity contribution in [3.8, 4) is 5.75 Å². The third kappa shape index (κ3) is 4.97. The summed E-state index contributed by atoms with van der Waals surface area (Å²) in [6.45, 7) is 4.18. The SMILES string of the molecule is CCCNC(CCC1CCCO1)c1ccc(OC)c(Br)c1. The van der Waals surface area contributed by atoms with Gasteiger partial charge >= 0.3 is 0 Å². The van der Waals surface area contributed by atoms with E-state index >= 15 is 0 Å². The average molecular weight is 356 g/mol. The van der Waals surface area contributed by atoms with Gasteiger partial charge in [0.05, 0.1) is 17.7 Å². The molecule has 1 fully saturated rings. The lowest BCUT2D eigenvalue weighted by Gasteiger charge is -2.21. The molecule has 0 saturated carbocycles. The second-order valence-electron chi connectivity index (χ2n) is 5.61. The van der Waals surface area contributed by atoms with Crippen LogP contribution < -0.4 is 10.1 Å². The maximum absolute atomic E-state index is 5.75. The quantitative estimate of drug-likeness (QED) is 0.746. The number of rotatable bonds is 8. The second-order valence-corrected chi connectivity index (χ2v) is 6.47. The zero-order valence-corrected chi connectivity index (χ0v) is 14.6. The van der Waals surface area contributed by atoms with Crippen molar-refractivity contribution in [1.82, 2.24) is 5.32 Å². The Hall–Kier alpha value is -0.580. The van der Waals surface area contributed by atoms with Crippen molar-refractivity contribution in [3.05, 3.63) is 28.2 Å². The number of ether oxygens (including phenoxy) is 2. The number of hydrogen-bond donors (Lipinski definition) is 1. The molecule has 0 aliphatic carbocycles. The summed E-state index contributed by atoms with van der Waals surface area (Å²) in [6, 6.07) is 6.75. The van der Waals surface area contributed by atoms with Crippen LogP contribution in [0.25, 0.3) is 0 Å². The standard InChI is InChI=1S/C17H26BrNO2/c1-3-10-19-16(8-7-14-5-4-11-21-14)13-6-9-17(20-2)15(18)12-13/h6,9,12,14,16,19H,3-5,7-8,10-11H2,1-2H3. The molecule has 0 aromatic heterocycles. The zero-order valence-electron chi connectivity index (χ0n) is 13.0. The number of halogens is 1. The van der Waals surface area contributed by atoms with Gasteiger partial charge in [-0.05, 0) is 72.3 Å². The van der Waals surface area contributed by atoms with Gasteiger partial charge in [-0.3, -0.25) is 0 Å². The van der Waals surface area contributed by atoms with Gasteiger partial charge in [-0.1, -0.05) is 13.0 Å². The zero-order chi connectivity index (χ0) is 15.1. The van der Waals surface area contributed by atoms with Crippen molar-refractivity contribution in [2.75, 3.05) is 20.3 Å². The maximum Gasteiger partial charge on any atom is 0.133 e. The molecule has 0 bridgehead atoms. The predicted molar refractivity (Wildman–Crippen MR) is 89.9 cm³/mol. The summed E-state index contributed by atoms with van der Waals surface area (Å²) in [6.07, 6.45) is 6.28. The van der Waals surface area contributed by atoms with Gasteiger partial charge in [0, 0.05) is 12.6 Å². The summed E-state index contributed by atoms with van der Waals surface area (Å²) < 4.78 is 12.1. The van der Waals surface area contributed by atoms with Gasteiger partial charge in [0.1, 0.15) is 5.75 Å². The number of benzene rings is 1. The predicted octanol–water partition coefficient (Wildman–Crippen LogP) is 4.46. The Labute approximate surface area is 136 Å². The number of methoxy groups -OCH3 is 1. The van der Waals surface area contributed by atoms with E-state index in [9.17, 15) is 0 Å². The molecule has 3 nitrogen and oxygen atoms in total. The maximum atomic E-state index is 5.75. The molecule has 2 atom stereocenters. The molecule has 21 heavy (non-hydrogen) atoms. The fourth-order valence-electron chi connectivity index (χ4n) is 2.83. The van der Waals surface area contributed by atoms with Gasteiger partial charge in [0.2, 0.25) is 0 Å². The first-order chi connectivity index (χ1) is 10.2. The lowest BCUT2D eigenvalue weighted by molar-refractivity contribution is 0.0996. The minimum atomic E-state index is 0.386. The van der Waals surface area contributed by atoms with Crippen molar-refractivity contribution in [3.63, 3.8) is 0 Å². The Morgan fingerprint density at radius 2 is 2.33 bits per heavy atom. The number of hydrogen-bond acceptors (Lipinski definition) is 3. The van der Waals surface area contributed by atoms with Crippen molar-refractivity contribution in [2.24, 2.45) is 0 Å². The molecule has 118 valence electrons. The molecular weight excluding hydrogens is 330 g/mol. The van der Waals surface area contributed by atoms with E-state index in [1.165, 1.54) is 18.4 Å². The third-order valence-corrected chi connectivity index (χ3v) is 4.64. The largest absolute Gasteiger partial charge is 0.496 e. The molecule has 0 radical (unpaired) electrons. The fraction of sp³-hybridized carbons (Fsp3) is 0.647. The lowest BCUT2D eigenvalue weighted by Crippen LogP contribution is -2.23. The molecule has 2 rings (SSSR count). The minimum Gasteiger partial charge on any atom is -0.496 e. The molecule has 2 unspecified atom stereocenters. The molecule has 1 aromatic carbocycles. The molecule has 1 saturated heterocycles. The van der Waals surface area contributed by atoms with Crippen LogP contribution in [-0.2, 0) is 4.74 Å². The van der Waals surface area contributed by atoms with Gasteiger partial charge in [-0.15, -0.1) is 0 Å². The summed E-state index contributed by atoms with van der Waals surface area (Å²) in [7, 11) is 1.70. The van der Waals surface area contributed by atoms with Crippen LogP contribution in [0.15, 0.2) is 22.7 Å². The first-order valence-electron chi connectivity index (χ1n) is 7.93. The molecule has 0 spiro atoms. The van der Waals surface area contributed by atoms with Crippen LogP contribution in [-0.4, -0.2) is 26.4 Å². The van der Waals surface area contributed by atoms with Crippen molar-refractivity contribution >= 4 is 15.9 Å². The van der Waals surface area contributed by atoms with Crippen molar-refractivity contribution in [1.29, 1.82) is 0 Å². The summed E-state index contributed by atoms with van der Waals surface area (Å²) in [5, 5.41) is 3.66. The smallest absolute Gasteiger partial charge is 0.133 e. The molecule has 0 amide bonds. The summed E-state index contributed by atoms with van der Waals surface area (Å²) in [5.74, 6) is 0.882. The topological polar surface area (TPSA) is 30.5 Å². The molecule has 1 N–H and O–H groups in total. The molecule has 1 heterocycles. The first kappa shape index (κ1) is 16.8. The van der Waals surface area contributed by atoms with Gasteiger partial charge in [-0.2, -0.15) is 0 Å². The van der Waals surface area contributed by atoms with Crippen LogP contribution >= 0.6 is 15.9 Å². The Kier molecular flexibility index (Phi) is 7.00. The first-order valence-corrected chi connectivity index (χ1v) is 8.72. The highest BCUT2D eigenvalue weighted by molar-refractivity contribution is 9.10. The Bertz CT molecular complexity index is 433. The molecule has 1 aromatic rings. The second kappa shape index (κ2) is 8.76. The Balaban J connectivity index is 2.01. The molecule has 1 aliphatic rings. The normalized spacial score (nSPS) is 19.7.